The predicted octanol–water partition coefficient (Wildman–Crippen LogP) is 6.19. The Kier molecular flexibility index (Phi) is 15.0. The first-order valence-electron chi connectivity index (χ1n) is 12.3. The maximum Gasteiger partial charge on any atom is 0.334 e. The van der Waals surface area contributed by atoms with Crippen LogP contribution in [0, 0.1) is 0 Å². The van der Waals surface area contributed by atoms with Crippen molar-refractivity contribution in [3.63, 3.8) is 0 Å². The molecule has 5 nitrogen and oxygen atoms in total. The standard InChI is InChI=1S/C26H44O5/c1-3-4-5-6-7-8-9-10-11-12-13-14-15-16-17-18-19-24-20-26(21-27,31-25(24)29)22-30-23(2)28/h10-11,19,27H,3-9,12-18,20-22H2,1-2H3/b11-10-,24-19-/t26-/m0/s1. The Morgan fingerprint density at radius 3 is 2.06 bits per heavy atom. The zero-order valence-corrected chi connectivity index (χ0v) is 19.8. The molecule has 0 amide bonds. The van der Waals surface area contributed by atoms with Crippen molar-refractivity contribution < 1.29 is 24.2 Å². The van der Waals surface area contributed by atoms with Gasteiger partial charge < -0.3 is 14.6 Å². The molecule has 1 N–H and O–H groups in total. The number of unbranched alkanes of at least 4 members (excludes halogenated alkanes) is 12. The number of carbonyl (C=O) groups excluding carboxylic acids is 2. The van der Waals surface area contributed by atoms with Crippen molar-refractivity contribution in [1.29, 1.82) is 0 Å². The second-order valence-corrected chi connectivity index (χ2v) is 8.79. The summed E-state index contributed by atoms with van der Waals surface area (Å²) in [5, 5.41) is 9.58. The molecule has 0 aromatic rings. The summed E-state index contributed by atoms with van der Waals surface area (Å²) in [5.41, 5.74) is -0.534. The van der Waals surface area contributed by atoms with E-state index in [9.17, 15) is 14.7 Å². The van der Waals surface area contributed by atoms with Crippen LogP contribution in [0.1, 0.15) is 110 Å². The van der Waals surface area contributed by atoms with Crippen LogP contribution in [0.25, 0.3) is 0 Å². The first kappa shape index (κ1) is 27.4. The largest absolute Gasteiger partial charge is 0.462 e. The van der Waals surface area contributed by atoms with Gasteiger partial charge >= 0.3 is 11.9 Å². The molecule has 1 aliphatic heterocycles. The van der Waals surface area contributed by atoms with Gasteiger partial charge in [0.25, 0.3) is 0 Å². The summed E-state index contributed by atoms with van der Waals surface area (Å²) in [7, 11) is 0. The fourth-order valence-electron chi connectivity index (χ4n) is 3.81. The van der Waals surface area contributed by atoms with E-state index in [1.54, 1.807) is 0 Å². The van der Waals surface area contributed by atoms with Crippen LogP contribution in [0.3, 0.4) is 0 Å². The second-order valence-electron chi connectivity index (χ2n) is 8.79. The van der Waals surface area contributed by atoms with E-state index in [1.165, 1.54) is 77.6 Å². The van der Waals surface area contributed by atoms with Crippen LogP contribution in [-0.4, -0.2) is 35.9 Å². The number of hydrogen-bond donors (Lipinski definition) is 1. The van der Waals surface area contributed by atoms with Crippen LogP contribution in [-0.2, 0) is 19.1 Å². The van der Waals surface area contributed by atoms with E-state index >= 15 is 0 Å². The molecule has 1 aliphatic rings. The van der Waals surface area contributed by atoms with Crippen molar-refractivity contribution in [2.24, 2.45) is 0 Å². The molecule has 1 heterocycles. The van der Waals surface area contributed by atoms with Gasteiger partial charge in [-0.05, 0) is 38.5 Å². The number of aliphatic hydroxyl groups excluding tert-OH is 1. The lowest BCUT2D eigenvalue weighted by Crippen LogP contribution is -2.39. The molecule has 0 aliphatic carbocycles. The molecule has 0 saturated carbocycles. The quantitative estimate of drug-likeness (QED) is 0.120. The highest BCUT2D eigenvalue weighted by Gasteiger charge is 2.44. The number of aliphatic hydroxyl groups is 1. The highest BCUT2D eigenvalue weighted by atomic mass is 16.6. The summed E-state index contributed by atoms with van der Waals surface area (Å²) < 4.78 is 10.2. The summed E-state index contributed by atoms with van der Waals surface area (Å²) >= 11 is 0. The molecule has 0 unspecified atom stereocenters. The lowest BCUT2D eigenvalue weighted by Gasteiger charge is -2.23. The lowest BCUT2D eigenvalue weighted by molar-refractivity contribution is -0.164. The SMILES string of the molecule is CCCCCCCC/C=C\CCCCCCC/C=C1/C[C@](CO)(COC(C)=O)OC1=O. The third kappa shape index (κ3) is 12.7. The molecule has 0 bridgehead atoms. The van der Waals surface area contributed by atoms with Crippen LogP contribution in [0.5, 0.6) is 0 Å². The Morgan fingerprint density at radius 2 is 1.52 bits per heavy atom. The van der Waals surface area contributed by atoms with Crippen molar-refractivity contribution in [3.8, 4) is 0 Å². The van der Waals surface area contributed by atoms with E-state index in [-0.39, 0.29) is 13.2 Å². The Morgan fingerprint density at radius 1 is 0.968 bits per heavy atom. The first-order valence-corrected chi connectivity index (χ1v) is 12.3. The van der Waals surface area contributed by atoms with Crippen LogP contribution in [0.4, 0.5) is 0 Å². The number of esters is 2. The maximum absolute atomic E-state index is 12.0. The molecule has 0 aromatic heterocycles. The number of hydrogen-bond acceptors (Lipinski definition) is 5. The highest BCUT2D eigenvalue weighted by Crippen LogP contribution is 2.31. The van der Waals surface area contributed by atoms with Crippen molar-refractivity contribution in [2.75, 3.05) is 13.2 Å². The Bertz CT molecular complexity index is 566. The van der Waals surface area contributed by atoms with Gasteiger partial charge in [0.05, 0.1) is 6.61 Å². The highest BCUT2D eigenvalue weighted by molar-refractivity contribution is 5.91. The third-order valence-electron chi connectivity index (χ3n) is 5.77. The Labute approximate surface area is 189 Å². The summed E-state index contributed by atoms with van der Waals surface area (Å²) in [6.45, 7) is 3.10. The van der Waals surface area contributed by atoms with Crippen LogP contribution in [0.2, 0.25) is 0 Å². The van der Waals surface area contributed by atoms with Crippen molar-refractivity contribution in [1.82, 2.24) is 0 Å². The smallest absolute Gasteiger partial charge is 0.334 e. The van der Waals surface area contributed by atoms with Gasteiger partial charge in [-0.25, -0.2) is 4.79 Å². The number of carbonyl (C=O) groups is 2. The molecule has 0 spiro atoms. The summed E-state index contributed by atoms with van der Waals surface area (Å²) in [5.74, 6) is -0.858. The van der Waals surface area contributed by atoms with Crippen molar-refractivity contribution >= 4 is 11.9 Å². The van der Waals surface area contributed by atoms with Gasteiger partial charge in [0, 0.05) is 18.9 Å². The van der Waals surface area contributed by atoms with Gasteiger partial charge in [-0.15, -0.1) is 0 Å². The predicted molar refractivity (Wildman–Crippen MR) is 125 cm³/mol. The van der Waals surface area contributed by atoms with Gasteiger partial charge in [0.2, 0.25) is 0 Å². The Balaban J connectivity index is 2.04. The average Bonchev–Trinajstić information content (AvgIpc) is 3.08. The zero-order chi connectivity index (χ0) is 22.8. The summed E-state index contributed by atoms with van der Waals surface area (Å²) in [4.78, 5) is 23.0. The van der Waals surface area contributed by atoms with Gasteiger partial charge in [0.1, 0.15) is 6.61 Å². The van der Waals surface area contributed by atoms with E-state index in [4.69, 9.17) is 9.47 Å². The first-order chi connectivity index (χ1) is 15.0. The number of allylic oxidation sites excluding steroid dienone is 3. The topological polar surface area (TPSA) is 72.8 Å². The molecule has 178 valence electrons. The van der Waals surface area contributed by atoms with Crippen molar-refractivity contribution in [3.05, 3.63) is 23.8 Å². The molecule has 0 aromatic carbocycles. The lowest BCUT2D eigenvalue weighted by atomic mass is 9.98. The van der Waals surface area contributed by atoms with Crippen LogP contribution >= 0.6 is 0 Å². The monoisotopic (exact) mass is 436 g/mol. The fraction of sp³-hybridized carbons (Fsp3) is 0.769. The summed E-state index contributed by atoms with van der Waals surface area (Å²) in [6, 6.07) is 0. The molecule has 1 atom stereocenters. The molecule has 1 saturated heterocycles. The molecular weight excluding hydrogens is 392 g/mol. The van der Waals surface area contributed by atoms with E-state index < -0.39 is 17.5 Å². The molecule has 1 fully saturated rings. The number of ether oxygens (including phenoxy) is 2. The van der Waals surface area contributed by atoms with Gasteiger partial charge in [-0.2, -0.15) is 0 Å². The van der Waals surface area contributed by atoms with E-state index in [0.717, 1.165) is 19.3 Å². The average molecular weight is 437 g/mol. The van der Waals surface area contributed by atoms with Crippen LogP contribution < -0.4 is 0 Å². The minimum atomic E-state index is -1.11. The van der Waals surface area contributed by atoms with Crippen molar-refractivity contribution in [2.45, 2.75) is 116 Å². The Hall–Kier alpha value is -1.62. The molecule has 1 rings (SSSR count). The zero-order valence-electron chi connectivity index (χ0n) is 19.8. The minimum absolute atomic E-state index is 0.102. The van der Waals surface area contributed by atoms with E-state index in [1.807, 2.05) is 6.08 Å². The normalized spacial score (nSPS) is 20.0. The molecule has 31 heavy (non-hydrogen) atoms. The number of cyclic esters (lactones) is 1. The summed E-state index contributed by atoms with van der Waals surface area (Å²) in [6.07, 6.45) is 24.2. The van der Waals surface area contributed by atoms with Gasteiger partial charge in [0.15, 0.2) is 5.60 Å². The molecule has 5 heteroatoms. The van der Waals surface area contributed by atoms with E-state index in [2.05, 4.69) is 19.1 Å². The van der Waals surface area contributed by atoms with Gasteiger partial charge in [-0.1, -0.05) is 76.5 Å². The maximum atomic E-state index is 12.0. The van der Waals surface area contributed by atoms with Crippen LogP contribution in [0.15, 0.2) is 23.8 Å². The molecular formula is C26H44O5. The minimum Gasteiger partial charge on any atom is -0.462 e. The van der Waals surface area contributed by atoms with Gasteiger partial charge in [-0.3, -0.25) is 4.79 Å². The number of rotatable bonds is 18. The second kappa shape index (κ2) is 17.0. The third-order valence-corrected chi connectivity index (χ3v) is 5.77. The van der Waals surface area contributed by atoms with E-state index in [0.29, 0.717) is 12.0 Å². The fourth-order valence-corrected chi connectivity index (χ4v) is 3.81. The molecule has 0 radical (unpaired) electrons.